The van der Waals surface area contributed by atoms with Gasteiger partial charge in [-0.3, -0.25) is 0 Å². The van der Waals surface area contributed by atoms with Gasteiger partial charge in [-0.25, -0.2) is 0 Å². The van der Waals surface area contributed by atoms with E-state index in [1.165, 1.54) is 0 Å². The maximum atomic E-state index is 8.23. The first-order valence-corrected chi connectivity index (χ1v) is 3.43. The lowest BCUT2D eigenvalue weighted by atomic mass is 10.4. The van der Waals surface area contributed by atoms with Crippen LogP contribution in [0.2, 0.25) is 0 Å². The van der Waals surface area contributed by atoms with Gasteiger partial charge in [0.25, 0.3) is 0 Å². The second-order valence-electron chi connectivity index (χ2n) is 1.88. The quantitative estimate of drug-likeness (QED) is 0.587. The molecule has 0 unspecified atom stereocenters. The van der Waals surface area contributed by atoms with Gasteiger partial charge in [0.1, 0.15) is 0 Å². The topological polar surface area (TPSA) is 39.1 Å². The molecule has 0 heterocycles. The Bertz CT molecular complexity index is 150. The summed E-state index contributed by atoms with van der Waals surface area (Å²) in [7, 11) is 3.63. The minimum atomic E-state index is 0.512. The van der Waals surface area contributed by atoms with Crippen molar-refractivity contribution >= 4 is 17.3 Å². The monoisotopic (exact) mass is 157 g/mol. The predicted molar refractivity (Wildman–Crippen MR) is 44.5 cm³/mol. The van der Waals surface area contributed by atoms with Crippen LogP contribution in [0.1, 0.15) is 6.42 Å². The van der Waals surface area contributed by atoms with Crippen LogP contribution in [0.25, 0.3) is 0 Å². The Labute approximate surface area is 66.6 Å². The van der Waals surface area contributed by atoms with Crippen molar-refractivity contribution in [1.29, 1.82) is 5.26 Å². The number of nitrogens with one attached hydrogen (secondary N) is 1. The second kappa shape index (κ2) is 5.00. The summed E-state index contributed by atoms with van der Waals surface area (Å²) in [5.41, 5.74) is 0. The first-order valence-electron chi connectivity index (χ1n) is 3.02. The van der Waals surface area contributed by atoms with Crippen LogP contribution in [0.4, 0.5) is 0 Å². The van der Waals surface area contributed by atoms with Crippen LogP contribution < -0.4 is 5.32 Å². The number of rotatable bonds is 2. The van der Waals surface area contributed by atoms with Crippen molar-refractivity contribution in [3.63, 3.8) is 0 Å². The van der Waals surface area contributed by atoms with Crippen LogP contribution in [0.15, 0.2) is 0 Å². The Hall–Kier alpha value is -0.820. The number of hydrogen-bond acceptors (Lipinski definition) is 2. The van der Waals surface area contributed by atoms with Gasteiger partial charge in [0, 0.05) is 20.6 Å². The molecule has 0 aromatic carbocycles. The van der Waals surface area contributed by atoms with Crippen LogP contribution in [-0.4, -0.2) is 30.7 Å². The molecule has 0 bridgehead atoms. The van der Waals surface area contributed by atoms with Crippen molar-refractivity contribution in [1.82, 2.24) is 10.2 Å². The number of nitriles is 1. The molecule has 0 aliphatic rings. The van der Waals surface area contributed by atoms with Crippen molar-refractivity contribution in [2.24, 2.45) is 0 Å². The molecule has 4 heteroatoms. The fraction of sp³-hybridized carbons (Fsp3) is 0.667. The van der Waals surface area contributed by atoms with E-state index in [-0.39, 0.29) is 0 Å². The van der Waals surface area contributed by atoms with E-state index in [1.807, 2.05) is 18.0 Å². The van der Waals surface area contributed by atoms with Crippen molar-refractivity contribution < 1.29 is 0 Å². The van der Waals surface area contributed by atoms with Gasteiger partial charge in [0.2, 0.25) is 0 Å². The summed E-state index contributed by atoms with van der Waals surface area (Å²) in [4.78, 5) is 1.83. The molecule has 0 aliphatic heterocycles. The molecule has 0 rings (SSSR count). The molecule has 0 amide bonds. The second-order valence-corrected chi connectivity index (χ2v) is 2.27. The maximum absolute atomic E-state index is 8.23. The smallest absolute Gasteiger partial charge is 0.168 e. The van der Waals surface area contributed by atoms with E-state index in [0.717, 1.165) is 0 Å². The van der Waals surface area contributed by atoms with E-state index in [1.54, 1.807) is 7.05 Å². The highest BCUT2D eigenvalue weighted by molar-refractivity contribution is 7.80. The van der Waals surface area contributed by atoms with Crippen molar-refractivity contribution in [3.05, 3.63) is 0 Å². The Kier molecular flexibility index (Phi) is 4.59. The molecule has 0 fully saturated rings. The van der Waals surface area contributed by atoms with Crippen molar-refractivity contribution in [2.75, 3.05) is 20.6 Å². The average molecular weight is 157 g/mol. The molecule has 0 saturated carbocycles. The molecule has 0 atom stereocenters. The molecule has 10 heavy (non-hydrogen) atoms. The van der Waals surface area contributed by atoms with Gasteiger partial charge < -0.3 is 10.2 Å². The van der Waals surface area contributed by atoms with Crippen LogP contribution in [0, 0.1) is 11.3 Å². The summed E-state index contributed by atoms with van der Waals surface area (Å²) >= 11 is 4.90. The Morgan fingerprint density at radius 2 is 2.40 bits per heavy atom. The first-order chi connectivity index (χ1) is 4.72. The van der Waals surface area contributed by atoms with Crippen LogP contribution >= 0.6 is 12.2 Å². The summed E-state index contributed by atoms with van der Waals surface area (Å²) in [6, 6.07) is 2.05. The summed E-state index contributed by atoms with van der Waals surface area (Å²) in [6.07, 6.45) is 0.512. The molecule has 0 aromatic heterocycles. The molecule has 56 valence electrons. The zero-order valence-corrected chi connectivity index (χ0v) is 7.03. The normalized spacial score (nSPS) is 8.10. The molecule has 0 spiro atoms. The fourth-order valence-corrected chi connectivity index (χ4v) is 0.601. The summed E-state index contributed by atoms with van der Waals surface area (Å²) in [5.74, 6) is 0. The van der Waals surface area contributed by atoms with E-state index in [0.29, 0.717) is 18.1 Å². The summed E-state index contributed by atoms with van der Waals surface area (Å²) in [6.45, 7) is 0.691. The number of hydrogen-bond donors (Lipinski definition) is 1. The highest BCUT2D eigenvalue weighted by Gasteiger charge is 1.98. The Balaban J connectivity index is 3.53. The molecule has 3 nitrogen and oxygen atoms in total. The van der Waals surface area contributed by atoms with E-state index in [9.17, 15) is 0 Å². The van der Waals surface area contributed by atoms with Gasteiger partial charge >= 0.3 is 0 Å². The van der Waals surface area contributed by atoms with Gasteiger partial charge in [0.15, 0.2) is 5.11 Å². The summed E-state index contributed by atoms with van der Waals surface area (Å²) in [5, 5.41) is 11.7. The molecule has 0 aliphatic carbocycles. The number of nitrogens with zero attached hydrogens (tertiary/aromatic N) is 2. The predicted octanol–water partition coefficient (Wildman–Crippen LogP) is 0.336. The highest BCUT2D eigenvalue weighted by atomic mass is 32.1. The molecular formula is C6H11N3S. The van der Waals surface area contributed by atoms with Crippen LogP contribution in [-0.2, 0) is 0 Å². The fourth-order valence-electron chi connectivity index (χ4n) is 0.510. The lowest BCUT2D eigenvalue weighted by Crippen LogP contribution is -2.35. The Morgan fingerprint density at radius 3 is 2.80 bits per heavy atom. The van der Waals surface area contributed by atoms with Gasteiger partial charge in [0.05, 0.1) is 12.5 Å². The highest BCUT2D eigenvalue weighted by Crippen LogP contribution is 1.86. The van der Waals surface area contributed by atoms with Gasteiger partial charge in [-0.15, -0.1) is 0 Å². The first kappa shape index (κ1) is 9.18. The van der Waals surface area contributed by atoms with Crippen molar-refractivity contribution in [3.8, 4) is 6.07 Å². The zero-order chi connectivity index (χ0) is 7.98. The van der Waals surface area contributed by atoms with Crippen molar-refractivity contribution in [2.45, 2.75) is 6.42 Å². The minimum Gasteiger partial charge on any atom is -0.366 e. The molecule has 0 aromatic rings. The van der Waals surface area contributed by atoms with E-state index >= 15 is 0 Å². The largest absolute Gasteiger partial charge is 0.366 e. The van der Waals surface area contributed by atoms with Gasteiger partial charge in [-0.2, -0.15) is 5.26 Å². The lowest BCUT2D eigenvalue weighted by molar-refractivity contribution is 0.510. The molecule has 0 radical (unpaired) electrons. The van der Waals surface area contributed by atoms with E-state index < -0.39 is 0 Å². The zero-order valence-electron chi connectivity index (χ0n) is 6.22. The third-order valence-electron chi connectivity index (χ3n) is 1.12. The van der Waals surface area contributed by atoms with Crippen LogP contribution in [0.5, 0.6) is 0 Å². The van der Waals surface area contributed by atoms with E-state index in [2.05, 4.69) is 5.32 Å². The average Bonchev–Trinajstić information content (AvgIpc) is 1.98. The number of thiocarbonyl (C=S) groups is 1. The molecule has 1 N–H and O–H groups in total. The standard InChI is InChI=1S/C6H11N3S/c1-8-6(10)9(2)5-3-4-7/h3,5H2,1-2H3,(H,8,10). The third kappa shape index (κ3) is 3.25. The molecule has 0 saturated heterocycles. The van der Waals surface area contributed by atoms with E-state index in [4.69, 9.17) is 17.5 Å². The van der Waals surface area contributed by atoms with Gasteiger partial charge in [-0.1, -0.05) is 0 Å². The van der Waals surface area contributed by atoms with Crippen LogP contribution in [0.3, 0.4) is 0 Å². The third-order valence-corrected chi connectivity index (χ3v) is 1.64. The Morgan fingerprint density at radius 1 is 1.80 bits per heavy atom. The molecular weight excluding hydrogens is 146 g/mol. The SMILES string of the molecule is CNC(=S)N(C)CCC#N. The maximum Gasteiger partial charge on any atom is 0.168 e. The lowest BCUT2D eigenvalue weighted by Gasteiger charge is -2.17. The van der Waals surface area contributed by atoms with Gasteiger partial charge in [-0.05, 0) is 12.2 Å². The minimum absolute atomic E-state index is 0.512. The summed E-state index contributed by atoms with van der Waals surface area (Å²) < 4.78 is 0.